The van der Waals surface area contributed by atoms with Gasteiger partial charge in [0, 0.05) is 19.2 Å². The van der Waals surface area contributed by atoms with Gasteiger partial charge in [-0.25, -0.2) is 9.59 Å². The van der Waals surface area contributed by atoms with Crippen LogP contribution in [0, 0.1) is 0 Å². The summed E-state index contributed by atoms with van der Waals surface area (Å²) in [6.07, 6.45) is -0.222. The smallest absolute Gasteiger partial charge is 0.326 e. The average Bonchev–Trinajstić information content (AvgIpc) is 2.42. The first-order chi connectivity index (χ1) is 9.81. The van der Waals surface area contributed by atoms with Gasteiger partial charge in [-0.05, 0) is 30.7 Å². The highest BCUT2D eigenvalue weighted by molar-refractivity contribution is 5.94. The fourth-order valence-corrected chi connectivity index (χ4v) is 1.58. The molecule has 1 aromatic carbocycles. The van der Waals surface area contributed by atoms with E-state index in [1.54, 1.807) is 0 Å². The Hall–Kier alpha value is -2.77. The van der Waals surface area contributed by atoms with E-state index >= 15 is 0 Å². The molecule has 21 heavy (non-hydrogen) atoms. The molecule has 5 N–H and O–H groups in total. The van der Waals surface area contributed by atoms with Crippen molar-refractivity contribution in [3.63, 3.8) is 0 Å². The predicted octanol–water partition coefficient (Wildman–Crippen LogP) is 0.257. The number of rotatable bonds is 6. The van der Waals surface area contributed by atoms with E-state index in [0.29, 0.717) is 5.69 Å². The number of amides is 3. The van der Waals surface area contributed by atoms with Crippen LogP contribution in [0.1, 0.15) is 12.8 Å². The maximum Gasteiger partial charge on any atom is 0.326 e. The first-order valence-corrected chi connectivity index (χ1v) is 6.15. The molecule has 0 saturated carbocycles. The zero-order chi connectivity index (χ0) is 16.0. The summed E-state index contributed by atoms with van der Waals surface area (Å²) in [5.41, 5.74) is 5.43. The van der Waals surface area contributed by atoms with Crippen molar-refractivity contribution < 1.29 is 24.6 Å². The Bertz CT molecular complexity index is 529. The van der Waals surface area contributed by atoms with Crippen molar-refractivity contribution >= 4 is 23.6 Å². The molecule has 0 aliphatic heterocycles. The predicted molar refractivity (Wildman–Crippen MR) is 74.9 cm³/mol. The topological polar surface area (TPSA) is 133 Å². The maximum atomic E-state index is 12.0. The molecule has 0 fully saturated rings. The number of nitrogens with two attached hydrogens (primary N) is 1. The molecule has 8 nitrogen and oxygen atoms in total. The van der Waals surface area contributed by atoms with Crippen LogP contribution in [0.15, 0.2) is 24.3 Å². The van der Waals surface area contributed by atoms with Crippen LogP contribution in [0.3, 0.4) is 0 Å². The van der Waals surface area contributed by atoms with Gasteiger partial charge < -0.3 is 21.3 Å². The number of hydrogen-bond donors (Lipinski definition) is 4. The number of urea groups is 1. The summed E-state index contributed by atoms with van der Waals surface area (Å²) in [7, 11) is 1.45. The van der Waals surface area contributed by atoms with Crippen molar-refractivity contribution in [3.05, 3.63) is 24.3 Å². The molecule has 0 bridgehead atoms. The minimum atomic E-state index is -1.25. The molecule has 1 rings (SSSR count). The van der Waals surface area contributed by atoms with Gasteiger partial charge in [-0.3, -0.25) is 9.69 Å². The van der Waals surface area contributed by atoms with Crippen molar-refractivity contribution in [1.29, 1.82) is 0 Å². The fourth-order valence-electron chi connectivity index (χ4n) is 1.58. The van der Waals surface area contributed by atoms with Crippen molar-refractivity contribution in [1.82, 2.24) is 5.32 Å². The molecule has 0 unspecified atom stereocenters. The third-order valence-electron chi connectivity index (χ3n) is 2.82. The van der Waals surface area contributed by atoms with E-state index in [9.17, 15) is 19.5 Å². The number of nitrogens with zero attached hydrogens (tertiary/aromatic N) is 1. The summed E-state index contributed by atoms with van der Waals surface area (Å²) in [5.74, 6) is -1.83. The minimum absolute atomic E-state index is 0.0532. The van der Waals surface area contributed by atoms with Gasteiger partial charge >= 0.3 is 12.0 Å². The number of carbonyl (C=O) groups is 3. The van der Waals surface area contributed by atoms with Gasteiger partial charge in [-0.15, -0.1) is 0 Å². The van der Waals surface area contributed by atoms with E-state index in [4.69, 9.17) is 10.8 Å². The molecule has 1 atom stereocenters. The second-order valence-corrected chi connectivity index (χ2v) is 4.42. The number of benzene rings is 1. The van der Waals surface area contributed by atoms with Crippen molar-refractivity contribution in [2.24, 2.45) is 5.73 Å². The van der Waals surface area contributed by atoms with E-state index in [0.717, 1.165) is 0 Å². The van der Waals surface area contributed by atoms with Gasteiger partial charge in [0.1, 0.15) is 11.8 Å². The van der Waals surface area contributed by atoms with Crippen molar-refractivity contribution in [2.75, 3.05) is 11.9 Å². The maximum absolute atomic E-state index is 12.0. The second kappa shape index (κ2) is 7.13. The lowest BCUT2D eigenvalue weighted by molar-refractivity contribution is -0.139. The Kier molecular flexibility index (Phi) is 5.53. The summed E-state index contributed by atoms with van der Waals surface area (Å²) < 4.78 is 0. The van der Waals surface area contributed by atoms with Gasteiger partial charge in [0.2, 0.25) is 5.91 Å². The van der Waals surface area contributed by atoms with Gasteiger partial charge in [-0.1, -0.05) is 0 Å². The number of aliphatic carboxylic acids is 1. The monoisotopic (exact) mass is 295 g/mol. The van der Waals surface area contributed by atoms with Crippen LogP contribution in [0.4, 0.5) is 10.5 Å². The van der Waals surface area contributed by atoms with Crippen molar-refractivity contribution in [3.8, 4) is 5.75 Å². The summed E-state index contributed by atoms with van der Waals surface area (Å²) >= 11 is 0. The molecule has 1 aromatic rings. The molecule has 0 aliphatic carbocycles. The van der Waals surface area contributed by atoms with E-state index in [1.807, 2.05) is 0 Å². The number of carboxylic acid groups (broad SMARTS) is 1. The normalized spacial score (nSPS) is 11.5. The number of anilines is 1. The van der Waals surface area contributed by atoms with Crippen LogP contribution in [0.5, 0.6) is 5.75 Å². The number of nitrogens with one attached hydrogen (secondary N) is 1. The van der Waals surface area contributed by atoms with E-state index in [2.05, 4.69) is 5.32 Å². The van der Waals surface area contributed by atoms with Gasteiger partial charge in [0.05, 0.1) is 0 Å². The number of carbonyl (C=O) groups excluding carboxylic acids is 2. The van der Waals surface area contributed by atoms with E-state index in [-0.39, 0.29) is 18.6 Å². The van der Waals surface area contributed by atoms with Crippen LogP contribution in [0.2, 0.25) is 0 Å². The highest BCUT2D eigenvalue weighted by Gasteiger charge is 2.22. The molecule has 0 saturated heterocycles. The van der Waals surface area contributed by atoms with Gasteiger partial charge in [0.15, 0.2) is 0 Å². The molecule has 0 spiro atoms. The largest absolute Gasteiger partial charge is 0.508 e. The number of hydrogen-bond acceptors (Lipinski definition) is 4. The standard InChI is InChI=1S/C13H17N3O5/c1-16(8-2-4-9(17)5-3-8)13(21)15-10(12(19)20)6-7-11(14)18/h2-5,10,17H,6-7H2,1H3,(H2,14,18)(H,15,21)(H,19,20)/t10-/m1/s1. The Balaban J connectivity index is 2.70. The summed E-state index contributed by atoms with van der Waals surface area (Å²) in [4.78, 5) is 34.9. The molecule has 0 aliphatic rings. The van der Waals surface area contributed by atoms with Crippen LogP contribution in [-0.2, 0) is 9.59 Å². The molecule has 3 amide bonds. The van der Waals surface area contributed by atoms with E-state index < -0.39 is 23.9 Å². The molecular weight excluding hydrogens is 278 g/mol. The second-order valence-electron chi connectivity index (χ2n) is 4.42. The first-order valence-electron chi connectivity index (χ1n) is 6.15. The van der Waals surface area contributed by atoms with Crippen LogP contribution < -0.4 is 16.0 Å². The third-order valence-corrected chi connectivity index (χ3v) is 2.82. The number of carboxylic acids is 1. The quantitative estimate of drug-likeness (QED) is 0.597. The number of phenols is 1. The number of phenolic OH excluding ortho intramolecular Hbond substituents is 1. The Morgan fingerprint density at radius 2 is 1.86 bits per heavy atom. The molecule has 114 valence electrons. The van der Waals surface area contributed by atoms with Gasteiger partial charge in [0.25, 0.3) is 0 Å². The Labute approximate surface area is 121 Å². The summed E-state index contributed by atoms with van der Waals surface area (Å²) in [6.45, 7) is 0. The van der Waals surface area contributed by atoms with Crippen LogP contribution >= 0.6 is 0 Å². The fraction of sp³-hybridized carbons (Fsp3) is 0.308. The number of primary amides is 1. The lowest BCUT2D eigenvalue weighted by Crippen LogP contribution is -2.47. The SMILES string of the molecule is CN(C(=O)N[C@H](CCC(N)=O)C(=O)O)c1ccc(O)cc1. The zero-order valence-corrected chi connectivity index (χ0v) is 11.4. The number of aromatic hydroxyl groups is 1. The Morgan fingerprint density at radius 1 is 1.29 bits per heavy atom. The molecule has 0 radical (unpaired) electrons. The average molecular weight is 295 g/mol. The van der Waals surface area contributed by atoms with Crippen LogP contribution in [0.25, 0.3) is 0 Å². The summed E-state index contributed by atoms with van der Waals surface area (Å²) in [6, 6.07) is 3.98. The van der Waals surface area contributed by atoms with E-state index in [1.165, 1.54) is 36.2 Å². The molecular formula is C13H17N3O5. The lowest BCUT2D eigenvalue weighted by atomic mass is 10.1. The Morgan fingerprint density at radius 3 is 2.33 bits per heavy atom. The molecule has 8 heteroatoms. The van der Waals surface area contributed by atoms with Crippen LogP contribution in [-0.4, -0.2) is 41.2 Å². The lowest BCUT2D eigenvalue weighted by Gasteiger charge is -2.21. The highest BCUT2D eigenvalue weighted by atomic mass is 16.4. The molecule has 0 aromatic heterocycles. The highest BCUT2D eigenvalue weighted by Crippen LogP contribution is 2.17. The summed E-state index contributed by atoms with van der Waals surface area (Å²) in [5, 5.41) is 20.5. The minimum Gasteiger partial charge on any atom is -0.508 e. The van der Waals surface area contributed by atoms with Gasteiger partial charge in [-0.2, -0.15) is 0 Å². The zero-order valence-electron chi connectivity index (χ0n) is 11.4. The first kappa shape index (κ1) is 16.3. The van der Waals surface area contributed by atoms with Crippen molar-refractivity contribution in [2.45, 2.75) is 18.9 Å². The third kappa shape index (κ3) is 5.01. The molecule has 0 heterocycles.